The summed E-state index contributed by atoms with van der Waals surface area (Å²) in [7, 11) is 1.49. The van der Waals surface area contributed by atoms with E-state index in [1.807, 2.05) is 0 Å². The molecule has 0 aliphatic carbocycles. The first-order valence-electron chi connectivity index (χ1n) is 6.51. The zero-order valence-corrected chi connectivity index (χ0v) is 10.9. The van der Waals surface area contributed by atoms with Gasteiger partial charge in [0.15, 0.2) is 0 Å². The standard InChI is InChI=1S/C13H25NO2/c1-4-11(5-2)9-14-8-6-7-12(10-14)13(15)16-3/h11-12H,4-10H2,1-3H3. The van der Waals surface area contributed by atoms with Gasteiger partial charge in [0.05, 0.1) is 13.0 Å². The summed E-state index contributed by atoms with van der Waals surface area (Å²) in [5, 5.41) is 0. The van der Waals surface area contributed by atoms with Crippen molar-refractivity contribution in [2.24, 2.45) is 11.8 Å². The summed E-state index contributed by atoms with van der Waals surface area (Å²) in [4.78, 5) is 13.9. The van der Waals surface area contributed by atoms with Crippen molar-refractivity contribution in [3.8, 4) is 0 Å². The Morgan fingerprint density at radius 1 is 1.44 bits per heavy atom. The van der Waals surface area contributed by atoms with E-state index in [2.05, 4.69) is 18.7 Å². The third kappa shape index (κ3) is 3.78. The van der Waals surface area contributed by atoms with Crippen molar-refractivity contribution in [2.45, 2.75) is 39.5 Å². The SMILES string of the molecule is CCC(CC)CN1CCCC(C(=O)OC)C1. The van der Waals surface area contributed by atoms with E-state index in [1.54, 1.807) is 0 Å². The fourth-order valence-corrected chi connectivity index (χ4v) is 2.49. The van der Waals surface area contributed by atoms with E-state index in [1.165, 1.54) is 20.0 Å². The van der Waals surface area contributed by atoms with Gasteiger partial charge in [0.2, 0.25) is 0 Å². The molecular weight excluding hydrogens is 202 g/mol. The lowest BCUT2D eigenvalue weighted by Crippen LogP contribution is -2.41. The summed E-state index contributed by atoms with van der Waals surface area (Å²) < 4.78 is 4.83. The summed E-state index contributed by atoms with van der Waals surface area (Å²) in [6.45, 7) is 7.67. The molecule has 0 amide bonds. The molecule has 3 nitrogen and oxygen atoms in total. The van der Waals surface area contributed by atoms with Gasteiger partial charge in [-0.3, -0.25) is 4.79 Å². The van der Waals surface area contributed by atoms with Crippen LogP contribution in [0, 0.1) is 11.8 Å². The number of methoxy groups -OCH3 is 1. The van der Waals surface area contributed by atoms with Crippen molar-refractivity contribution in [2.75, 3.05) is 26.7 Å². The highest BCUT2D eigenvalue weighted by Gasteiger charge is 2.26. The predicted molar refractivity (Wildman–Crippen MR) is 65.3 cm³/mol. The number of rotatable bonds is 5. The monoisotopic (exact) mass is 227 g/mol. The topological polar surface area (TPSA) is 29.5 Å². The number of nitrogens with zero attached hydrogens (tertiary/aromatic N) is 1. The molecule has 0 N–H and O–H groups in total. The fourth-order valence-electron chi connectivity index (χ4n) is 2.49. The molecule has 0 aromatic rings. The second-order valence-corrected chi connectivity index (χ2v) is 4.80. The molecule has 1 unspecified atom stereocenters. The maximum atomic E-state index is 11.5. The van der Waals surface area contributed by atoms with Gasteiger partial charge in [-0.1, -0.05) is 26.7 Å². The molecule has 1 saturated heterocycles. The van der Waals surface area contributed by atoms with Crippen LogP contribution in [0.4, 0.5) is 0 Å². The van der Waals surface area contributed by atoms with Gasteiger partial charge in [-0.25, -0.2) is 0 Å². The molecule has 0 aromatic heterocycles. The molecule has 94 valence electrons. The minimum atomic E-state index is -0.0331. The van der Waals surface area contributed by atoms with Crippen LogP contribution in [0.5, 0.6) is 0 Å². The quantitative estimate of drug-likeness (QED) is 0.675. The van der Waals surface area contributed by atoms with Crippen LogP contribution in [-0.4, -0.2) is 37.6 Å². The van der Waals surface area contributed by atoms with Crippen molar-refractivity contribution in [1.29, 1.82) is 0 Å². The van der Waals surface area contributed by atoms with Crippen LogP contribution in [0.25, 0.3) is 0 Å². The summed E-state index contributed by atoms with van der Waals surface area (Å²) in [6, 6.07) is 0. The van der Waals surface area contributed by atoms with E-state index >= 15 is 0 Å². The van der Waals surface area contributed by atoms with E-state index in [9.17, 15) is 4.79 Å². The number of hydrogen-bond acceptors (Lipinski definition) is 3. The van der Waals surface area contributed by atoms with Crippen LogP contribution in [0.15, 0.2) is 0 Å². The first-order valence-corrected chi connectivity index (χ1v) is 6.51. The van der Waals surface area contributed by atoms with E-state index < -0.39 is 0 Å². The van der Waals surface area contributed by atoms with Crippen molar-refractivity contribution >= 4 is 5.97 Å². The minimum absolute atomic E-state index is 0.0331. The summed E-state index contributed by atoms with van der Waals surface area (Å²) in [5.74, 6) is 0.846. The third-order valence-electron chi connectivity index (χ3n) is 3.71. The maximum Gasteiger partial charge on any atom is 0.309 e. The van der Waals surface area contributed by atoms with Crippen molar-refractivity contribution in [3.05, 3.63) is 0 Å². The molecule has 1 fully saturated rings. The van der Waals surface area contributed by atoms with Gasteiger partial charge in [-0.2, -0.15) is 0 Å². The lowest BCUT2D eigenvalue weighted by atomic mass is 9.95. The van der Waals surface area contributed by atoms with E-state index in [0.717, 1.165) is 38.4 Å². The van der Waals surface area contributed by atoms with E-state index in [4.69, 9.17) is 4.74 Å². The third-order valence-corrected chi connectivity index (χ3v) is 3.71. The smallest absolute Gasteiger partial charge is 0.309 e. The Kier molecular flexibility index (Phi) is 5.81. The Morgan fingerprint density at radius 2 is 2.12 bits per heavy atom. The molecule has 0 aromatic carbocycles. The molecule has 16 heavy (non-hydrogen) atoms. The first kappa shape index (κ1) is 13.5. The van der Waals surface area contributed by atoms with Crippen LogP contribution in [0.2, 0.25) is 0 Å². The molecule has 1 aliphatic rings. The van der Waals surface area contributed by atoms with Crippen molar-refractivity contribution in [3.63, 3.8) is 0 Å². The molecule has 1 heterocycles. The van der Waals surface area contributed by atoms with Crippen molar-refractivity contribution < 1.29 is 9.53 Å². The van der Waals surface area contributed by atoms with Crippen LogP contribution in [0.1, 0.15) is 39.5 Å². The molecular formula is C13H25NO2. The lowest BCUT2D eigenvalue weighted by molar-refractivity contribution is -0.147. The zero-order chi connectivity index (χ0) is 12.0. The number of carbonyl (C=O) groups is 1. The van der Waals surface area contributed by atoms with Crippen LogP contribution >= 0.6 is 0 Å². The first-order chi connectivity index (χ1) is 7.71. The maximum absolute atomic E-state index is 11.5. The summed E-state index contributed by atoms with van der Waals surface area (Å²) in [5.41, 5.74) is 0. The molecule has 0 saturated carbocycles. The van der Waals surface area contributed by atoms with Gasteiger partial charge in [-0.05, 0) is 25.3 Å². The lowest BCUT2D eigenvalue weighted by Gasteiger charge is -2.33. The van der Waals surface area contributed by atoms with Gasteiger partial charge in [0.1, 0.15) is 0 Å². The van der Waals surface area contributed by atoms with Gasteiger partial charge < -0.3 is 9.64 Å². The molecule has 1 rings (SSSR count). The molecule has 1 atom stereocenters. The molecule has 0 spiro atoms. The van der Waals surface area contributed by atoms with Crippen molar-refractivity contribution in [1.82, 2.24) is 4.90 Å². The van der Waals surface area contributed by atoms with Gasteiger partial charge >= 0.3 is 5.97 Å². The zero-order valence-electron chi connectivity index (χ0n) is 10.9. The average molecular weight is 227 g/mol. The normalized spacial score (nSPS) is 22.4. The Balaban J connectivity index is 2.41. The van der Waals surface area contributed by atoms with E-state index in [-0.39, 0.29) is 11.9 Å². The number of carbonyl (C=O) groups excluding carboxylic acids is 1. The van der Waals surface area contributed by atoms with E-state index in [0.29, 0.717) is 0 Å². The van der Waals surface area contributed by atoms with Crippen LogP contribution in [0.3, 0.4) is 0 Å². The van der Waals surface area contributed by atoms with Gasteiger partial charge in [-0.15, -0.1) is 0 Å². The summed E-state index contributed by atoms with van der Waals surface area (Å²) >= 11 is 0. The highest BCUT2D eigenvalue weighted by Crippen LogP contribution is 2.20. The fraction of sp³-hybridized carbons (Fsp3) is 0.923. The molecule has 0 radical (unpaired) electrons. The number of likely N-dealkylation sites (tertiary alicyclic amines) is 1. The number of ether oxygens (including phenoxy) is 1. The van der Waals surface area contributed by atoms with Crippen LogP contribution < -0.4 is 0 Å². The predicted octanol–water partition coefficient (Wildman–Crippen LogP) is 2.31. The average Bonchev–Trinajstić information content (AvgIpc) is 2.35. The minimum Gasteiger partial charge on any atom is -0.469 e. The number of esters is 1. The Bertz CT molecular complexity index is 214. The number of hydrogen-bond donors (Lipinski definition) is 0. The largest absolute Gasteiger partial charge is 0.469 e. The number of piperidine rings is 1. The highest BCUT2D eigenvalue weighted by molar-refractivity contribution is 5.72. The Hall–Kier alpha value is -0.570. The second-order valence-electron chi connectivity index (χ2n) is 4.80. The molecule has 1 aliphatic heterocycles. The van der Waals surface area contributed by atoms with Crippen LogP contribution in [-0.2, 0) is 9.53 Å². The molecule has 3 heteroatoms. The highest BCUT2D eigenvalue weighted by atomic mass is 16.5. The second kappa shape index (κ2) is 6.89. The summed E-state index contributed by atoms with van der Waals surface area (Å²) in [6.07, 6.45) is 4.58. The Labute approximate surface area is 99.1 Å². The Morgan fingerprint density at radius 3 is 2.69 bits per heavy atom. The van der Waals surface area contributed by atoms with Gasteiger partial charge in [0.25, 0.3) is 0 Å². The van der Waals surface area contributed by atoms with Gasteiger partial charge in [0, 0.05) is 13.1 Å². The molecule has 0 bridgehead atoms.